The molecule has 1 aliphatic rings. The summed E-state index contributed by atoms with van der Waals surface area (Å²) in [4.78, 5) is 0. The van der Waals surface area contributed by atoms with E-state index in [9.17, 15) is 0 Å². The predicted octanol–water partition coefficient (Wildman–Crippen LogP) is 3.96. The van der Waals surface area contributed by atoms with Gasteiger partial charge in [-0.3, -0.25) is 0 Å². The van der Waals surface area contributed by atoms with Crippen molar-refractivity contribution in [3.63, 3.8) is 0 Å². The van der Waals surface area contributed by atoms with Gasteiger partial charge in [0.25, 0.3) is 0 Å². The predicted molar refractivity (Wildman–Crippen MR) is 98.9 cm³/mol. The van der Waals surface area contributed by atoms with Crippen molar-refractivity contribution in [2.45, 2.75) is 38.0 Å². The van der Waals surface area contributed by atoms with E-state index in [1.165, 1.54) is 30.4 Å². The maximum absolute atomic E-state index is 5.98. The third kappa shape index (κ3) is 4.70. The molecule has 3 N–H and O–H groups in total. The maximum Gasteiger partial charge on any atom is 0.119 e. The summed E-state index contributed by atoms with van der Waals surface area (Å²) in [5, 5.41) is 3.65. The Labute approximate surface area is 144 Å². The largest absolute Gasteiger partial charge is 0.489 e. The van der Waals surface area contributed by atoms with E-state index in [1.807, 2.05) is 30.3 Å². The van der Waals surface area contributed by atoms with Gasteiger partial charge in [-0.2, -0.15) is 0 Å². The zero-order valence-corrected chi connectivity index (χ0v) is 14.0. The minimum atomic E-state index is 0.181. The average molecular weight is 322 g/mol. The van der Waals surface area contributed by atoms with Crippen molar-refractivity contribution in [3.8, 4) is 5.75 Å². The number of hydrogen-bond donors (Lipinski definition) is 2. The summed E-state index contributed by atoms with van der Waals surface area (Å²) >= 11 is 0. The molecule has 24 heavy (non-hydrogen) atoms. The number of ether oxygens (including phenoxy) is 1. The van der Waals surface area contributed by atoms with Crippen LogP contribution in [0, 0.1) is 0 Å². The molecule has 0 spiro atoms. The Morgan fingerprint density at radius 3 is 2.54 bits per heavy atom. The van der Waals surface area contributed by atoms with Gasteiger partial charge >= 0.3 is 0 Å². The number of allylic oxidation sites excluding steroid dienone is 1. The van der Waals surface area contributed by atoms with Crippen LogP contribution in [0.3, 0.4) is 0 Å². The van der Waals surface area contributed by atoms with Gasteiger partial charge in [0.2, 0.25) is 0 Å². The molecule has 0 saturated heterocycles. The molecule has 0 aromatic heterocycles. The Hall–Kier alpha value is -2.10. The molecule has 3 rings (SSSR count). The SMILES string of the molecule is NCC(NC1C=CCCC1)c1ccc(OCc2ccccc2)cc1. The van der Waals surface area contributed by atoms with Crippen LogP contribution in [0.15, 0.2) is 66.7 Å². The lowest BCUT2D eigenvalue weighted by Gasteiger charge is -2.25. The number of nitrogens with one attached hydrogen (secondary N) is 1. The Morgan fingerprint density at radius 1 is 1.08 bits per heavy atom. The van der Waals surface area contributed by atoms with Crippen molar-refractivity contribution in [2.24, 2.45) is 5.73 Å². The van der Waals surface area contributed by atoms with Gasteiger partial charge in [-0.05, 0) is 42.5 Å². The topological polar surface area (TPSA) is 47.3 Å². The molecular weight excluding hydrogens is 296 g/mol. The van der Waals surface area contributed by atoms with E-state index >= 15 is 0 Å². The van der Waals surface area contributed by atoms with Crippen LogP contribution in [0.2, 0.25) is 0 Å². The summed E-state index contributed by atoms with van der Waals surface area (Å²) in [6.45, 7) is 1.18. The van der Waals surface area contributed by atoms with Crippen LogP contribution in [-0.2, 0) is 6.61 Å². The molecule has 126 valence electrons. The van der Waals surface area contributed by atoms with Gasteiger partial charge in [0.1, 0.15) is 12.4 Å². The fourth-order valence-electron chi connectivity index (χ4n) is 3.05. The molecule has 0 fully saturated rings. The quantitative estimate of drug-likeness (QED) is 0.759. The van der Waals surface area contributed by atoms with Crippen molar-refractivity contribution in [1.29, 1.82) is 0 Å². The van der Waals surface area contributed by atoms with Gasteiger partial charge in [0, 0.05) is 18.6 Å². The zero-order chi connectivity index (χ0) is 16.6. The van der Waals surface area contributed by atoms with Crippen molar-refractivity contribution >= 4 is 0 Å². The molecule has 0 aliphatic heterocycles. The standard InChI is InChI=1S/C21H26N2O/c22-15-21(23-19-9-5-2-6-10-19)18-11-13-20(14-12-18)24-16-17-7-3-1-4-8-17/h1,3-5,7-9,11-14,19,21,23H,2,6,10,15-16,22H2. The first-order chi connectivity index (χ1) is 11.8. The van der Waals surface area contributed by atoms with E-state index < -0.39 is 0 Å². The lowest BCUT2D eigenvalue weighted by Crippen LogP contribution is -2.36. The van der Waals surface area contributed by atoms with Gasteiger partial charge in [-0.25, -0.2) is 0 Å². The summed E-state index contributed by atoms with van der Waals surface area (Å²) in [5.74, 6) is 0.885. The molecule has 0 amide bonds. The highest BCUT2D eigenvalue weighted by Crippen LogP contribution is 2.20. The van der Waals surface area contributed by atoms with Crippen LogP contribution in [0.5, 0.6) is 5.75 Å². The highest BCUT2D eigenvalue weighted by Gasteiger charge is 2.15. The first-order valence-electron chi connectivity index (χ1n) is 8.74. The second kappa shape index (κ2) is 8.67. The van der Waals surface area contributed by atoms with Crippen LogP contribution in [-0.4, -0.2) is 12.6 Å². The monoisotopic (exact) mass is 322 g/mol. The Morgan fingerprint density at radius 2 is 1.88 bits per heavy atom. The van der Waals surface area contributed by atoms with Crippen molar-refractivity contribution in [1.82, 2.24) is 5.32 Å². The van der Waals surface area contributed by atoms with E-state index in [0.717, 1.165) is 5.75 Å². The fraction of sp³-hybridized carbons (Fsp3) is 0.333. The Bertz CT molecular complexity index is 637. The van der Waals surface area contributed by atoms with Crippen LogP contribution in [0.1, 0.15) is 36.4 Å². The third-order valence-corrected chi connectivity index (χ3v) is 4.44. The van der Waals surface area contributed by atoms with Crippen LogP contribution < -0.4 is 15.8 Å². The van der Waals surface area contributed by atoms with E-state index in [1.54, 1.807) is 0 Å². The average Bonchev–Trinajstić information content (AvgIpc) is 2.67. The summed E-state index contributed by atoms with van der Waals surface area (Å²) in [6, 6.07) is 19.1. The summed E-state index contributed by atoms with van der Waals surface area (Å²) in [6.07, 6.45) is 8.15. The van der Waals surface area contributed by atoms with Crippen LogP contribution >= 0.6 is 0 Å². The summed E-state index contributed by atoms with van der Waals surface area (Å²) in [7, 11) is 0. The van der Waals surface area contributed by atoms with Gasteiger partial charge in [0.05, 0.1) is 0 Å². The molecule has 0 bridgehead atoms. The molecule has 0 radical (unpaired) electrons. The maximum atomic E-state index is 5.98. The second-order valence-corrected chi connectivity index (χ2v) is 6.26. The molecule has 3 nitrogen and oxygen atoms in total. The number of rotatable bonds is 7. The van der Waals surface area contributed by atoms with Gasteiger partial charge in [-0.1, -0.05) is 54.6 Å². The van der Waals surface area contributed by atoms with E-state index in [0.29, 0.717) is 19.2 Å². The smallest absolute Gasteiger partial charge is 0.119 e. The summed E-state index contributed by atoms with van der Waals surface area (Å²) < 4.78 is 5.85. The Balaban J connectivity index is 1.57. The Kier molecular flexibility index (Phi) is 6.05. The van der Waals surface area contributed by atoms with E-state index in [2.05, 4.69) is 41.7 Å². The molecule has 3 heteroatoms. The molecule has 2 unspecified atom stereocenters. The van der Waals surface area contributed by atoms with Crippen molar-refractivity contribution in [2.75, 3.05) is 6.54 Å². The molecule has 2 atom stereocenters. The zero-order valence-electron chi connectivity index (χ0n) is 14.0. The van der Waals surface area contributed by atoms with Crippen molar-refractivity contribution < 1.29 is 4.74 Å². The normalized spacial score (nSPS) is 18.3. The highest BCUT2D eigenvalue weighted by molar-refractivity contribution is 5.30. The molecular formula is C21H26N2O. The van der Waals surface area contributed by atoms with Gasteiger partial charge in [0.15, 0.2) is 0 Å². The van der Waals surface area contributed by atoms with E-state index in [-0.39, 0.29) is 6.04 Å². The number of hydrogen-bond acceptors (Lipinski definition) is 3. The van der Waals surface area contributed by atoms with Crippen molar-refractivity contribution in [3.05, 3.63) is 77.9 Å². The lowest BCUT2D eigenvalue weighted by molar-refractivity contribution is 0.306. The molecule has 2 aromatic carbocycles. The highest BCUT2D eigenvalue weighted by atomic mass is 16.5. The minimum Gasteiger partial charge on any atom is -0.489 e. The third-order valence-electron chi connectivity index (χ3n) is 4.44. The van der Waals surface area contributed by atoms with E-state index in [4.69, 9.17) is 10.5 Å². The first-order valence-corrected chi connectivity index (χ1v) is 8.74. The molecule has 0 saturated carbocycles. The fourth-order valence-corrected chi connectivity index (χ4v) is 3.05. The molecule has 2 aromatic rings. The van der Waals surface area contributed by atoms with Crippen LogP contribution in [0.25, 0.3) is 0 Å². The van der Waals surface area contributed by atoms with Gasteiger partial charge in [-0.15, -0.1) is 0 Å². The minimum absolute atomic E-state index is 0.181. The number of nitrogens with two attached hydrogens (primary N) is 1. The molecule has 1 aliphatic carbocycles. The van der Waals surface area contributed by atoms with Crippen LogP contribution in [0.4, 0.5) is 0 Å². The molecule has 0 heterocycles. The summed E-state index contributed by atoms with van der Waals surface area (Å²) in [5.41, 5.74) is 8.36. The van der Waals surface area contributed by atoms with Gasteiger partial charge < -0.3 is 15.8 Å². The lowest BCUT2D eigenvalue weighted by atomic mass is 10.00. The first kappa shape index (κ1) is 16.7. The second-order valence-electron chi connectivity index (χ2n) is 6.26. The number of benzene rings is 2.